The van der Waals surface area contributed by atoms with E-state index in [1.807, 2.05) is 20.8 Å². The molecule has 0 aromatic carbocycles. The summed E-state index contributed by atoms with van der Waals surface area (Å²) in [4.78, 5) is 23.8. The molecule has 18 heavy (non-hydrogen) atoms. The molecule has 6 heteroatoms. The molecule has 0 bridgehead atoms. The first-order valence-electron chi connectivity index (χ1n) is 6.28. The normalized spacial score (nSPS) is 12.3. The smallest absolute Gasteiger partial charge is 0.317 e. The molecule has 1 atom stereocenters. The van der Waals surface area contributed by atoms with Crippen molar-refractivity contribution < 1.29 is 19.8 Å². The van der Waals surface area contributed by atoms with E-state index in [9.17, 15) is 9.59 Å². The van der Waals surface area contributed by atoms with Crippen molar-refractivity contribution >= 4 is 12.0 Å². The summed E-state index contributed by atoms with van der Waals surface area (Å²) in [6, 6.07) is -0.276. The zero-order valence-electron chi connectivity index (χ0n) is 11.3. The van der Waals surface area contributed by atoms with Crippen LogP contribution < -0.4 is 5.32 Å². The summed E-state index contributed by atoms with van der Waals surface area (Å²) in [5.41, 5.74) is 0. The van der Waals surface area contributed by atoms with Crippen molar-refractivity contribution in [3.8, 4) is 0 Å². The lowest BCUT2D eigenvalue weighted by Crippen LogP contribution is -2.48. The third kappa shape index (κ3) is 7.11. The van der Waals surface area contributed by atoms with Crippen molar-refractivity contribution in [3.63, 3.8) is 0 Å². The third-order valence-corrected chi connectivity index (χ3v) is 2.62. The second-order valence-electron chi connectivity index (χ2n) is 4.65. The van der Waals surface area contributed by atoms with Crippen LogP contribution in [0.1, 0.15) is 40.0 Å². The van der Waals surface area contributed by atoms with Gasteiger partial charge in [-0.2, -0.15) is 0 Å². The first kappa shape index (κ1) is 16.7. The van der Waals surface area contributed by atoms with Gasteiger partial charge in [-0.15, -0.1) is 0 Å². The van der Waals surface area contributed by atoms with Gasteiger partial charge in [-0.3, -0.25) is 4.79 Å². The number of nitrogens with zero attached hydrogens (tertiary/aromatic N) is 1. The van der Waals surface area contributed by atoms with Gasteiger partial charge in [-0.1, -0.05) is 0 Å². The number of carbonyl (C=O) groups excluding carboxylic acids is 1. The van der Waals surface area contributed by atoms with Gasteiger partial charge < -0.3 is 20.4 Å². The maximum Gasteiger partial charge on any atom is 0.317 e. The van der Waals surface area contributed by atoms with Crippen LogP contribution in [0.15, 0.2) is 0 Å². The molecule has 0 rings (SSSR count). The number of aliphatic hydroxyl groups is 1. The highest BCUT2D eigenvalue weighted by Crippen LogP contribution is 2.03. The number of carboxylic acid groups (broad SMARTS) is 1. The van der Waals surface area contributed by atoms with E-state index in [-0.39, 0.29) is 31.1 Å². The van der Waals surface area contributed by atoms with Crippen LogP contribution in [0.4, 0.5) is 4.79 Å². The van der Waals surface area contributed by atoms with Gasteiger partial charge in [-0.25, -0.2) is 4.79 Å². The Morgan fingerprint density at radius 1 is 1.28 bits per heavy atom. The average molecular weight is 260 g/mol. The van der Waals surface area contributed by atoms with Crippen LogP contribution in [0, 0.1) is 0 Å². The highest BCUT2D eigenvalue weighted by atomic mass is 16.4. The predicted octanol–water partition coefficient (Wildman–Crippen LogP) is 1.04. The molecular formula is C12H24N2O4. The molecule has 3 N–H and O–H groups in total. The van der Waals surface area contributed by atoms with E-state index in [2.05, 4.69) is 5.32 Å². The van der Waals surface area contributed by atoms with Gasteiger partial charge in [-0.05, 0) is 33.6 Å². The molecule has 1 unspecified atom stereocenters. The van der Waals surface area contributed by atoms with Crippen LogP contribution in [0.5, 0.6) is 0 Å². The molecule has 0 fully saturated rings. The highest BCUT2D eigenvalue weighted by molar-refractivity contribution is 5.74. The monoisotopic (exact) mass is 260 g/mol. The van der Waals surface area contributed by atoms with Gasteiger partial charge in [0.15, 0.2) is 0 Å². The lowest BCUT2D eigenvalue weighted by Gasteiger charge is -2.28. The molecule has 106 valence electrons. The van der Waals surface area contributed by atoms with Gasteiger partial charge >= 0.3 is 12.0 Å². The number of carboxylic acids is 1. The average Bonchev–Trinajstić information content (AvgIpc) is 2.24. The fourth-order valence-corrected chi connectivity index (χ4v) is 1.63. The zero-order chi connectivity index (χ0) is 14.1. The van der Waals surface area contributed by atoms with Crippen LogP contribution in [0.25, 0.3) is 0 Å². The highest BCUT2D eigenvalue weighted by Gasteiger charge is 2.17. The van der Waals surface area contributed by atoms with Crippen molar-refractivity contribution in [1.82, 2.24) is 10.2 Å². The van der Waals surface area contributed by atoms with Crippen LogP contribution in [-0.2, 0) is 4.79 Å². The maximum absolute atomic E-state index is 11.9. The summed E-state index contributed by atoms with van der Waals surface area (Å²) in [6.45, 7) is 5.83. The second-order valence-corrected chi connectivity index (χ2v) is 4.65. The Bertz CT molecular complexity index is 269. The molecule has 0 aliphatic carbocycles. The van der Waals surface area contributed by atoms with E-state index in [1.165, 1.54) is 0 Å². The van der Waals surface area contributed by atoms with Crippen LogP contribution in [0.3, 0.4) is 0 Å². The first-order chi connectivity index (χ1) is 8.38. The Morgan fingerprint density at radius 3 is 2.33 bits per heavy atom. The lowest BCUT2D eigenvalue weighted by molar-refractivity contribution is -0.137. The van der Waals surface area contributed by atoms with Crippen molar-refractivity contribution in [2.24, 2.45) is 0 Å². The van der Waals surface area contributed by atoms with Crippen LogP contribution in [0.2, 0.25) is 0 Å². The van der Waals surface area contributed by atoms with E-state index < -0.39 is 5.97 Å². The molecular weight excluding hydrogens is 236 g/mol. The van der Waals surface area contributed by atoms with Crippen molar-refractivity contribution in [1.29, 1.82) is 0 Å². The van der Waals surface area contributed by atoms with E-state index >= 15 is 0 Å². The Morgan fingerprint density at radius 2 is 1.89 bits per heavy atom. The Kier molecular flexibility index (Phi) is 8.11. The maximum atomic E-state index is 11.9. The molecule has 0 heterocycles. The second kappa shape index (κ2) is 8.74. The number of urea groups is 1. The molecule has 0 saturated carbocycles. The molecule has 6 nitrogen and oxygen atoms in total. The van der Waals surface area contributed by atoms with Crippen molar-refractivity contribution in [2.45, 2.75) is 52.1 Å². The topological polar surface area (TPSA) is 89.9 Å². The zero-order valence-corrected chi connectivity index (χ0v) is 11.3. The largest absolute Gasteiger partial charge is 0.481 e. The summed E-state index contributed by atoms with van der Waals surface area (Å²) in [5, 5.41) is 20.2. The molecule has 0 spiro atoms. The van der Waals surface area contributed by atoms with E-state index in [4.69, 9.17) is 10.2 Å². The quantitative estimate of drug-likeness (QED) is 0.608. The summed E-state index contributed by atoms with van der Waals surface area (Å²) < 4.78 is 0. The van der Waals surface area contributed by atoms with Crippen molar-refractivity contribution in [3.05, 3.63) is 0 Å². The molecule has 0 aromatic rings. The number of aliphatic carboxylic acids is 1. The summed E-state index contributed by atoms with van der Waals surface area (Å²) in [6.07, 6.45) is 1.28. The van der Waals surface area contributed by atoms with Crippen LogP contribution in [-0.4, -0.2) is 52.3 Å². The van der Waals surface area contributed by atoms with Gasteiger partial charge in [0.2, 0.25) is 0 Å². The molecule has 2 amide bonds. The minimum atomic E-state index is -0.822. The lowest BCUT2D eigenvalue weighted by atomic mass is 10.1. The van der Waals surface area contributed by atoms with Gasteiger partial charge in [0.25, 0.3) is 0 Å². The van der Waals surface area contributed by atoms with E-state index in [0.717, 1.165) is 0 Å². The number of carbonyl (C=O) groups is 2. The summed E-state index contributed by atoms with van der Waals surface area (Å²) in [5.74, 6) is -0.822. The molecule has 0 radical (unpaired) electrons. The number of hydrogen-bond acceptors (Lipinski definition) is 3. The number of nitrogens with one attached hydrogen (secondary N) is 1. The standard InChI is InChI=1S/C12H24N2O4/c1-9(2)14(7-8-15)12(18)13-10(3)5-4-6-11(16)17/h9-10,15H,4-8H2,1-3H3,(H,13,18)(H,16,17). The fourth-order valence-electron chi connectivity index (χ4n) is 1.63. The van der Waals surface area contributed by atoms with Crippen LogP contribution >= 0.6 is 0 Å². The molecule has 0 aliphatic heterocycles. The molecule has 0 aliphatic rings. The number of hydrogen-bond donors (Lipinski definition) is 3. The first-order valence-corrected chi connectivity index (χ1v) is 6.28. The van der Waals surface area contributed by atoms with Crippen molar-refractivity contribution in [2.75, 3.05) is 13.2 Å². The minimum Gasteiger partial charge on any atom is -0.481 e. The summed E-state index contributed by atoms with van der Waals surface area (Å²) in [7, 11) is 0. The van der Waals surface area contributed by atoms with E-state index in [1.54, 1.807) is 4.90 Å². The van der Waals surface area contributed by atoms with Gasteiger partial charge in [0.05, 0.1) is 6.61 Å². The number of amides is 2. The number of rotatable bonds is 8. The Balaban J connectivity index is 4.07. The third-order valence-electron chi connectivity index (χ3n) is 2.62. The summed E-state index contributed by atoms with van der Waals surface area (Å²) >= 11 is 0. The van der Waals surface area contributed by atoms with Gasteiger partial charge in [0.1, 0.15) is 0 Å². The minimum absolute atomic E-state index is 0.0170. The molecule has 0 aromatic heterocycles. The molecule has 0 saturated heterocycles. The SMILES string of the molecule is CC(CCCC(=O)O)NC(=O)N(CCO)C(C)C. The fraction of sp³-hybridized carbons (Fsp3) is 0.833. The Labute approximate surface area is 108 Å². The Hall–Kier alpha value is -1.30. The van der Waals surface area contributed by atoms with Gasteiger partial charge in [0, 0.05) is 25.0 Å². The predicted molar refractivity (Wildman–Crippen MR) is 68.4 cm³/mol. The van der Waals surface area contributed by atoms with E-state index in [0.29, 0.717) is 19.4 Å². The number of aliphatic hydroxyl groups excluding tert-OH is 1.